The first-order chi connectivity index (χ1) is 10.2. The maximum absolute atomic E-state index is 11.4. The summed E-state index contributed by atoms with van der Waals surface area (Å²) >= 11 is 0. The van der Waals surface area contributed by atoms with Crippen LogP contribution in [-0.4, -0.2) is 37.5 Å². The molecule has 3 heteroatoms. The van der Waals surface area contributed by atoms with Crippen molar-refractivity contribution in [3.05, 3.63) is 35.9 Å². The van der Waals surface area contributed by atoms with Crippen molar-refractivity contribution in [3.63, 3.8) is 0 Å². The van der Waals surface area contributed by atoms with E-state index in [1.54, 1.807) is 7.05 Å². The number of benzene rings is 1. The first-order valence-corrected chi connectivity index (χ1v) is 8.17. The number of hydrogen-bond acceptors (Lipinski definition) is 2. The minimum Gasteiger partial charge on any atom is -0.359 e. The molecule has 0 aliphatic carbocycles. The van der Waals surface area contributed by atoms with Gasteiger partial charge in [-0.15, -0.1) is 0 Å². The lowest BCUT2D eigenvalue weighted by Gasteiger charge is -2.32. The Morgan fingerprint density at radius 3 is 2.57 bits per heavy atom. The lowest BCUT2D eigenvalue weighted by molar-refractivity contribution is -0.121. The van der Waals surface area contributed by atoms with Crippen LogP contribution in [0, 0.1) is 5.92 Å². The van der Waals surface area contributed by atoms with Gasteiger partial charge in [-0.05, 0) is 56.3 Å². The van der Waals surface area contributed by atoms with Gasteiger partial charge >= 0.3 is 0 Å². The molecular weight excluding hydrogens is 260 g/mol. The van der Waals surface area contributed by atoms with Gasteiger partial charge in [-0.3, -0.25) is 4.79 Å². The fourth-order valence-electron chi connectivity index (χ4n) is 3.10. The Labute approximate surface area is 128 Å². The topological polar surface area (TPSA) is 32.3 Å². The number of carbonyl (C=O) groups excluding carboxylic acids is 1. The highest BCUT2D eigenvalue weighted by molar-refractivity contribution is 5.75. The molecule has 1 aliphatic heterocycles. The van der Waals surface area contributed by atoms with Crippen LogP contribution in [0.5, 0.6) is 0 Å². The monoisotopic (exact) mass is 288 g/mol. The van der Waals surface area contributed by atoms with Crippen LogP contribution in [0.3, 0.4) is 0 Å². The summed E-state index contributed by atoms with van der Waals surface area (Å²) in [4.78, 5) is 14.0. The van der Waals surface area contributed by atoms with Crippen LogP contribution in [0.25, 0.3) is 0 Å². The summed E-state index contributed by atoms with van der Waals surface area (Å²) in [5.74, 6) is 1.38. The molecule has 21 heavy (non-hydrogen) atoms. The average molecular weight is 288 g/mol. The number of carbonyl (C=O) groups is 1. The van der Waals surface area contributed by atoms with E-state index in [0.717, 1.165) is 25.9 Å². The fraction of sp³-hybridized carbons (Fsp3) is 0.611. The second-order valence-electron chi connectivity index (χ2n) is 6.26. The van der Waals surface area contributed by atoms with Gasteiger partial charge in [-0.1, -0.05) is 37.3 Å². The van der Waals surface area contributed by atoms with E-state index in [1.807, 2.05) is 0 Å². The predicted octanol–water partition coefficient (Wildman–Crippen LogP) is 3.03. The van der Waals surface area contributed by atoms with Gasteiger partial charge in [0.05, 0.1) is 0 Å². The molecule has 116 valence electrons. The molecule has 0 bridgehead atoms. The molecule has 1 aromatic rings. The summed E-state index contributed by atoms with van der Waals surface area (Å²) in [6.45, 7) is 5.77. The van der Waals surface area contributed by atoms with Crippen LogP contribution in [-0.2, 0) is 4.79 Å². The molecule has 1 saturated heterocycles. The van der Waals surface area contributed by atoms with E-state index >= 15 is 0 Å². The number of nitrogens with zero attached hydrogens (tertiary/aromatic N) is 1. The van der Waals surface area contributed by atoms with E-state index in [1.165, 1.54) is 18.5 Å². The van der Waals surface area contributed by atoms with Gasteiger partial charge in [-0.25, -0.2) is 0 Å². The smallest absolute Gasteiger partial charge is 0.220 e. The molecule has 3 nitrogen and oxygen atoms in total. The first kappa shape index (κ1) is 16.0. The Bertz CT molecular complexity index is 424. The highest BCUT2D eigenvalue weighted by atomic mass is 16.1. The SMILES string of the molecule is CNC(=O)CC1CCN(CCC(C)c2ccccc2)CC1. The molecule has 1 N–H and O–H groups in total. The second-order valence-corrected chi connectivity index (χ2v) is 6.26. The molecule has 1 amide bonds. The Morgan fingerprint density at radius 2 is 1.95 bits per heavy atom. The molecule has 0 radical (unpaired) electrons. The van der Waals surface area contributed by atoms with E-state index in [2.05, 4.69) is 47.5 Å². The molecule has 1 unspecified atom stereocenters. The minimum atomic E-state index is 0.186. The summed E-state index contributed by atoms with van der Waals surface area (Å²) in [6, 6.07) is 10.8. The lowest BCUT2D eigenvalue weighted by Crippen LogP contribution is -2.36. The molecular formula is C18H28N2O. The van der Waals surface area contributed by atoms with Crippen LogP contribution in [0.4, 0.5) is 0 Å². The zero-order valence-corrected chi connectivity index (χ0v) is 13.3. The molecule has 1 aliphatic rings. The maximum Gasteiger partial charge on any atom is 0.220 e. The van der Waals surface area contributed by atoms with E-state index < -0.39 is 0 Å². The van der Waals surface area contributed by atoms with Crippen LogP contribution < -0.4 is 5.32 Å². The van der Waals surface area contributed by atoms with Crippen molar-refractivity contribution in [1.29, 1.82) is 0 Å². The molecule has 1 atom stereocenters. The summed E-state index contributed by atoms with van der Waals surface area (Å²) in [7, 11) is 1.72. The van der Waals surface area contributed by atoms with Gasteiger partial charge in [-0.2, -0.15) is 0 Å². The third-order valence-corrected chi connectivity index (χ3v) is 4.71. The van der Waals surface area contributed by atoms with E-state index in [0.29, 0.717) is 18.3 Å². The van der Waals surface area contributed by atoms with Gasteiger partial charge in [0.2, 0.25) is 5.91 Å². The predicted molar refractivity (Wildman–Crippen MR) is 87.3 cm³/mol. The molecule has 0 spiro atoms. The minimum absolute atomic E-state index is 0.186. The quantitative estimate of drug-likeness (QED) is 0.872. The highest BCUT2D eigenvalue weighted by Gasteiger charge is 2.21. The molecule has 1 fully saturated rings. The zero-order valence-electron chi connectivity index (χ0n) is 13.3. The summed E-state index contributed by atoms with van der Waals surface area (Å²) in [6.07, 6.45) is 4.23. The summed E-state index contributed by atoms with van der Waals surface area (Å²) < 4.78 is 0. The third kappa shape index (κ3) is 5.16. The van der Waals surface area contributed by atoms with Gasteiger partial charge in [0.25, 0.3) is 0 Å². The first-order valence-electron chi connectivity index (χ1n) is 8.17. The van der Waals surface area contributed by atoms with Crippen molar-refractivity contribution >= 4 is 5.91 Å². The van der Waals surface area contributed by atoms with Crippen molar-refractivity contribution in [2.75, 3.05) is 26.7 Å². The Hall–Kier alpha value is -1.35. The van der Waals surface area contributed by atoms with E-state index in [4.69, 9.17) is 0 Å². The molecule has 1 heterocycles. The van der Waals surface area contributed by atoms with Gasteiger partial charge < -0.3 is 10.2 Å². The molecule has 2 rings (SSSR count). The van der Waals surface area contributed by atoms with Crippen molar-refractivity contribution in [1.82, 2.24) is 10.2 Å². The van der Waals surface area contributed by atoms with Gasteiger partial charge in [0.1, 0.15) is 0 Å². The Morgan fingerprint density at radius 1 is 1.29 bits per heavy atom. The number of rotatable bonds is 6. The number of nitrogens with one attached hydrogen (secondary N) is 1. The van der Waals surface area contributed by atoms with Crippen LogP contribution in [0.15, 0.2) is 30.3 Å². The average Bonchev–Trinajstić information content (AvgIpc) is 2.54. The van der Waals surface area contributed by atoms with E-state index in [9.17, 15) is 4.79 Å². The van der Waals surface area contributed by atoms with E-state index in [-0.39, 0.29) is 5.91 Å². The number of amides is 1. The van der Waals surface area contributed by atoms with Crippen molar-refractivity contribution in [2.45, 2.75) is 38.5 Å². The number of likely N-dealkylation sites (tertiary alicyclic amines) is 1. The summed E-state index contributed by atoms with van der Waals surface area (Å²) in [5.41, 5.74) is 1.44. The largest absolute Gasteiger partial charge is 0.359 e. The summed E-state index contributed by atoms with van der Waals surface area (Å²) in [5, 5.41) is 2.73. The molecule has 0 aromatic heterocycles. The Balaban J connectivity index is 1.68. The lowest BCUT2D eigenvalue weighted by atomic mass is 9.92. The number of piperidine rings is 1. The van der Waals surface area contributed by atoms with Crippen LogP contribution in [0.2, 0.25) is 0 Å². The van der Waals surface area contributed by atoms with Crippen molar-refractivity contribution < 1.29 is 4.79 Å². The standard InChI is InChI=1S/C18H28N2O/c1-15(17-6-4-3-5-7-17)8-11-20-12-9-16(10-13-20)14-18(21)19-2/h3-7,15-16H,8-14H2,1-2H3,(H,19,21). The Kier molecular flexibility index (Phi) is 6.24. The maximum atomic E-state index is 11.4. The molecule has 0 saturated carbocycles. The molecule has 1 aromatic carbocycles. The fourth-order valence-corrected chi connectivity index (χ4v) is 3.10. The zero-order chi connectivity index (χ0) is 15.1. The van der Waals surface area contributed by atoms with Crippen molar-refractivity contribution in [3.8, 4) is 0 Å². The third-order valence-electron chi connectivity index (χ3n) is 4.71. The normalized spacial score (nSPS) is 18.4. The highest BCUT2D eigenvalue weighted by Crippen LogP contribution is 2.23. The number of hydrogen-bond donors (Lipinski definition) is 1. The van der Waals surface area contributed by atoms with Crippen molar-refractivity contribution in [2.24, 2.45) is 5.92 Å². The van der Waals surface area contributed by atoms with Gasteiger partial charge in [0.15, 0.2) is 0 Å². The second kappa shape index (κ2) is 8.18. The van der Waals surface area contributed by atoms with Gasteiger partial charge in [0, 0.05) is 13.5 Å². The van der Waals surface area contributed by atoms with Crippen LogP contribution in [0.1, 0.15) is 44.1 Å². The van der Waals surface area contributed by atoms with Crippen LogP contribution >= 0.6 is 0 Å².